The highest BCUT2D eigenvalue weighted by atomic mass is 32.2. The average molecular weight is 483 g/mol. The number of hydrogen-bond donors (Lipinski definition) is 1. The molecule has 8 nitrogen and oxygen atoms in total. The van der Waals surface area contributed by atoms with E-state index in [-0.39, 0.29) is 10.8 Å². The number of nitrogens with one attached hydrogen (secondary N) is 1. The number of rotatable bonds is 4. The van der Waals surface area contributed by atoms with E-state index in [9.17, 15) is 13.2 Å². The number of aryl methyl sites for hydroxylation is 1. The monoisotopic (exact) mass is 482 g/mol. The van der Waals surface area contributed by atoms with E-state index in [0.717, 1.165) is 28.3 Å². The lowest BCUT2D eigenvalue weighted by atomic mass is 10.1. The average Bonchev–Trinajstić information content (AvgIpc) is 3.50. The van der Waals surface area contributed by atoms with Gasteiger partial charge in [-0.1, -0.05) is 12.1 Å². The minimum absolute atomic E-state index is 0.186. The summed E-state index contributed by atoms with van der Waals surface area (Å²) in [5.74, 6) is 0.893. The maximum atomic E-state index is 13.2. The number of nitrogens with zero attached hydrogens (tertiary/aromatic N) is 3. The Morgan fingerprint density at radius 2 is 1.94 bits per heavy atom. The van der Waals surface area contributed by atoms with E-state index in [1.54, 1.807) is 36.3 Å². The highest BCUT2D eigenvalue weighted by Crippen LogP contribution is 2.34. The highest BCUT2D eigenvalue weighted by molar-refractivity contribution is 7.90. The molecular weight excluding hydrogens is 460 g/mol. The normalized spacial score (nSPS) is 18.7. The van der Waals surface area contributed by atoms with Gasteiger partial charge in [0, 0.05) is 22.5 Å². The van der Waals surface area contributed by atoms with Crippen molar-refractivity contribution in [3.63, 3.8) is 0 Å². The lowest BCUT2D eigenvalue weighted by molar-refractivity contribution is -0.119. The summed E-state index contributed by atoms with van der Waals surface area (Å²) in [6.07, 6.45) is 1.38. The van der Waals surface area contributed by atoms with Gasteiger partial charge in [-0.3, -0.25) is 4.79 Å². The molecule has 1 atom stereocenters. The number of anilines is 1. The molecule has 10 heteroatoms. The molecule has 1 N–H and O–H groups in total. The number of sulfonamides is 1. The minimum Gasteiger partial charge on any atom is -0.497 e. The van der Waals surface area contributed by atoms with Crippen LogP contribution in [-0.2, 0) is 14.8 Å². The Bertz CT molecular complexity index is 1360. The van der Waals surface area contributed by atoms with Crippen LogP contribution >= 0.6 is 11.3 Å². The number of ether oxygens (including phenoxy) is 1. The summed E-state index contributed by atoms with van der Waals surface area (Å²) in [4.78, 5) is 20.8. The van der Waals surface area contributed by atoms with Crippen LogP contribution in [-0.4, -0.2) is 49.7 Å². The quantitative estimate of drug-likeness (QED) is 0.609. The fourth-order valence-corrected chi connectivity index (χ4v) is 6.30. The first-order chi connectivity index (χ1) is 15.9. The predicted molar refractivity (Wildman–Crippen MR) is 127 cm³/mol. The molecule has 0 unspecified atom stereocenters. The van der Waals surface area contributed by atoms with E-state index in [1.165, 1.54) is 11.3 Å². The van der Waals surface area contributed by atoms with Crippen molar-refractivity contribution in [3.05, 3.63) is 59.0 Å². The Balaban J connectivity index is 1.37. The van der Waals surface area contributed by atoms with E-state index < -0.39 is 16.1 Å². The summed E-state index contributed by atoms with van der Waals surface area (Å²) in [7, 11) is -2.12. The molecule has 2 aliphatic rings. The summed E-state index contributed by atoms with van der Waals surface area (Å²) in [6, 6.07) is 13.8. The van der Waals surface area contributed by atoms with Crippen molar-refractivity contribution < 1.29 is 17.9 Å². The number of carbonyl (C=O) groups is 1. The maximum Gasteiger partial charge on any atom is 0.285 e. The van der Waals surface area contributed by atoms with Crippen LogP contribution in [0.4, 0.5) is 5.13 Å². The SMILES string of the molecule is COc1ccc(-c2nc(NC(=O)[C@@H]3CCCN3C3=NS(=O)(=O)c4ccccc43)sc2C)cc1. The molecule has 3 aromatic rings. The molecule has 5 rings (SSSR count). The van der Waals surface area contributed by atoms with Gasteiger partial charge in [-0.25, -0.2) is 4.98 Å². The number of amidine groups is 1. The Morgan fingerprint density at radius 1 is 1.18 bits per heavy atom. The number of carbonyl (C=O) groups excluding carboxylic acids is 1. The summed E-state index contributed by atoms with van der Waals surface area (Å²) in [5, 5.41) is 3.44. The molecule has 2 aliphatic heterocycles. The second kappa shape index (κ2) is 8.27. The second-order valence-corrected chi connectivity index (χ2v) is 10.7. The van der Waals surface area contributed by atoms with Crippen LogP contribution in [0.5, 0.6) is 5.75 Å². The smallest absolute Gasteiger partial charge is 0.285 e. The van der Waals surface area contributed by atoms with Crippen LogP contribution in [0, 0.1) is 6.92 Å². The summed E-state index contributed by atoms with van der Waals surface area (Å²) in [6.45, 7) is 2.53. The van der Waals surface area contributed by atoms with Crippen molar-refractivity contribution in [2.45, 2.75) is 30.7 Å². The zero-order chi connectivity index (χ0) is 23.2. The van der Waals surface area contributed by atoms with E-state index in [1.807, 2.05) is 31.2 Å². The van der Waals surface area contributed by atoms with Crippen molar-refractivity contribution in [1.82, 2.24) is 9.88 Å². The van der Waals surface area contributed by atoms with Crippen LogP contribution in [0.3, 0.4) is 0 Å². The first-order valence-corrected chi connectivity index (χ1v) is 12.8. The van der Waals surface area contributed by atoms with Gasteiger partial charge in [0.15, 0.2) is 11.0 Å². The molecule has 1 fully saturated rings. The van der Waals surface area contributed by atoms with Gasteiger partial charge in [-0.05, 0) is 56.2 Å². The van der Waals surface area contributed by atoms with Crippen molar-refractivity contribution in [2.75, 3.05) is 19.0 Å². The Morgan fingerprint density at radius 3 is 2.70 bits per heavy atom. The number of aromatic nitrogens is 1. The molecule has 0 saturated carbocycles. The van der Waals surface area contributed by atoms with E-state index in [2.05, 4.69) is 14.7 Å². The highest BCUT2D eigenvalue weighted by Gasteiger charge is 2.39. The number of hydrogen-bond acceptors (Lipinski definition) is 7. The van der Waals surface area contributed by atoms with Crippen molar-refractivity contribution in [2.24, 2.45) is 4.40 Å². The van der Waals surface area contributed by atoms with Gasteiger partial charge in [-0.2, -0.15) is 8.42 Å². The van der Waals surface area contributed by atoms with E-state index in [4.69, 9.17) is 4.74 Å². The molecule has 33 heavy (non-hydrogen) atoms. The molecule has 1 aromatic heterocycles. The number of thiazole rings is 1. The van der Waals surface area contributed by atoms with Crippen LogP contribution in [0.1, 0.15) is 23.3 Å². The van der Waals surface area contributed by atoms with Crippen molar-refractivity contribution in [1.29, 1.82) is 0 Å². The van der Waals surface area contributed by atoms with Gasteiger partial charge in [-0.15, -0.1) is 15.7 Å². The predicted octanol–water partition coefficient (Wildman–Crippen LogP) is 3.68. The molecule has 1 saturated heterocycles. The van der Waals surface area contributed by atoms with Crippen LogP contribution in [0.2, 0.25) is 0 Å². The molecule has 0 bridgehead atoms. The molecule has 0 radical (unpaired) electrons. The van der Waals surface area contributed by atoms with Crippen molar-refractivity contribution >= 4 is 38.2 Å². The lowest BCUT2D eigenvalue weighted by Crippen LogP contribution is -2.43. The molecular formula is C23H22N4O4S2. The van der Waals surface area contributed by atoms with Gasteiger partial charge < -0.3 is 15.0 Å². The Kier molecular flexibility index (Phi) is 5.41. The summed E-state index contributed by atoms with van der Waals surface area (Å²) >= 11 is 1.41. The summed E-state index contributed by atoms with van der Waals surface area (Å²) in [5.41, 5.74) is 2.29. The molecule has 0 spiro atoms. The van der Waals surface area contributed by atoms with Gasteiger partial charge in [0.2, 0.25) is 5.91 Å². The molecule has 0 aliphatic carbocycles. The van der Waals surface area contributed by atoms with E-state index in [0.29, 0.717) is 29.5 Å². The van der Waals surface area contributed by atoms with Gasteiger partial charge in [0.25, 0.3) is 10.0 Å². The molecule has 170 valence electrons. The van der Waals surface area contributed by atoms with Gasteiger partial charge in [0.1, 0.15) is 16.7 Å². The van der Waals surface area contributed by atoms with Crippen LogP contribution in [0.25, 0.3) is 11.3 Å². The van der Waals surface area contributed by atoms with E-state index >= 15 is 0 Å². The number of methoxy groups -OCH3 is 1. The molecule has 2 aromatic carbocycles. The lowest BCUT2D eigenvalue weighted by Gasteiger charge is -2.25. The van der Waals surface area contributed by atoms with Crippen LogP contribution in [0.15, 0.2) is 57.8 Å². The third-order valence-electron chi connectivity index (χ3n) is 5.83. The first-order valence-electron chi connectivity index (χ1n) is 10.5. The zero-order valence-electron chi connectivity index (χ0n) is 18.1. The number of benzene rings is 2. The number of amides is 1. The Labute approximate surface area is 196 Å². The fourth-order valence-electron chi connectivity index (χ4n) is 4.24. The molecule has 1 amide bonds. The zero-order valence-corrected chi connectivity index (χ0v) is 19.7. The standard InChI is InChI=1S/C23H22N4O4S2/c1-14-20(15-9-11-16(31-2)12-10-15)24-23(32-14)25-22(28)18-7-5-13-27(18)21-17-6-3-4-8-19(17)33(29,30)26-21/h3-4,6,8-12,18H,5,7,13H2,1-2H3,(H,24,25,28)/t18-/m0/s1. The van der Waals surface area contributed by atoms with Crippen molar-refractivity contribution in [3.8, 4) is 17.0 Å². The third-order valence-corrected chi connectivity index (χ3v) is 8.04. The number of fused-ring (bicyclic) bond motifs is 1. The third kappa shape index (κ3) is 3.89. The first kappa shape index (κ1) is 21.6. The summed E-state index contributed by atoms with van der Waals surface area (Å²) < 4.78 is 34.1. The Hall–Kier alpha value is -3.24. The second-order valence-electron chi connectivity index (χ2n) is 7.88. The number of likely N-dealkylation sites (tertiary alicyclic amines) is 1. The topological polar surface area (TPSA) is 101 Å². The minimum atomic E-state index is -3.74. The maximum absolute atomic E-state index is 13.2. The van der Waals surface area contributed by atoms with Gasteiger partial charge >= 0.3 is 0 Å². The van der Waals surface area contributed by atoms with Gasteiger partial charge in [0.05, 0.1) is 12.8 Å². The fraction of sp³-hybridized carbons (Fsp3) is 0.261. The molecule has 3 heterocycles. The van der Waals surface area contributed by atoms with Crippen LogP contribution < -0.4 is 10.1 Å². The largest absolute Gasteiger partial charge is 0.497 e.